The zero-order valence-corrected chi connectivity index (χ0v) is 13.7. The van der Waals surface area contributed by atoms with Crippen molar-refractivity contribution in [3.8, 4) is 0 Å². The van der Waals surface area contributed by atoms with Gasteiger partial charge >= 0.3 is 0 Å². The Morgan fingerprint density at radius 1 is 1.15 bits per heavy atom. The van der Waals surface area contributed by atoms with E-state index in [0.29, 0.717) is 5.41 Å². The van der Waals surface area contributed by atoms with Gasteiger partial charge in [0, 0.05) is 22.0 Å². The number of hydrogen-bond acceptors (Lipinski definition) is 1. The highest BCUT2D eigenvalue weighted by atomic mass is 35.5. The van der Waals surface area contributed by atoms with Crippen LogP contribution in [0.2, 0.25) is 10.0 Å². The Morgan fingerprint density at radius 3 is 2.45 bits per heavy atom. The highest BCUT2D eigenvalue weighted by Crippen LogP contribution is 2.63. The molecule has 2 fully saturated rings. The molecule has 2 aliphatic rings. The normalized spacial score (nSPS) is 22.9. The molecule has 3 rings (SSSR count). The zero-order chi connectivity index (χ0) is 14.2. The lowest BCUT2D eigenvalue weighted by atomic mass is 9.49. The molecule has 1 spiro atoms. The molecule has 110 valence electrons. The molecule has 2 saturated carbocycles. The van der Waals surface area contributed by atoms with E-state index in [1.165, 1.54) is 44.1 Å². The van der Waals surface area contributed by atoms with E-state index < -0.39 is 0 Å². The highest BCUT2D eigenvalue weighted by Gasteiger charge is 2.55. The Hall–Kier alpha value is -0.240. The fourth-order valence-corrected chi connectivity index (χ4v) is 5.17. The first kappa shape index (κ1) is 14.7. The van der Waals surface area contributed by atoms with Crippen LogP contribution in [0, 0.1) is 5.41 Å². The molecular formula is C17H23Cl2N. The van der Waals surface area contributed by atoms with Gasteiger partial charge in [-0.3, -0.25) is 0 Å². The SMILES string of the molecule is CCNCC1(c2ccc(Cl)cc2Cl)CC2(CCCC2)C1. The first-order valence-electron chi connectivity index (χ1n) is 7.76. The fourth-order valence-electron chi connectivity index (χ4n) is 4.56. The molecule has 3 heteroatoms. The summed E-state index contributed by atoms with van der Waals surface area (Å²) in [7, 11) is 0. The average molecular weight is 312 g/mol. The molecule has 0 aromatic heterocycles. The third kappa shape index (κ3) is 2.49. The first-order valence-corrected chi connectivity index (χ1v) is 8.51. The maximum atomic E-state index is 6.49. The van der Waals surface area contributed by atoms with Crippen molar-refractivity contribution in [1.29, 1.82) is 0 Å². The molecule has 1 aromatic carbocycles. The second kappa shape index (κ2) is 5.51. The third-order valence-electron chi connectivity index (χ3n) is 5.31. The van der Waals surface area contributed by atoms with E-state index in [1.54, 1.807) is 0 Å². The molecule has 1 aromatic rings. The topological polar surface area (TPSA) is 12.0 Å². The first-order chi connectivity index (χ1) is 9.59. The summed E-state index contributed by atoms with van der Waals surface area (Å²) in [6.07, 6.45) is 8.21. The van der Waals surface area contributed by atoms with Crippen LogP contribution in [0.4, 0.5) is 0 Å². The van der Waals surface area contributed by atoms with E-state index >= 15 is 0 Å². The van der Waals surface area contributed by atoms with E-state index in [4.69, 9.17) is 23.2 Å². The lowest BCUT2D eigenvalue weighted by Crippen LogP contribution is -2.54. The number of hydrogen-bond donors (Lipinski definition) is 1. The summed E-state index contributed by atoms with van der Waals surface area (Å²) in [5, 5.41) is 5.11. The second-order valence-corrected chi connectivity index (χ2v) is 7.59. The lowest BCUT2D eigenvalue weighted by Gasteiger charge is -2.56. The summed E-state index contributed by atoms with van der Waals surface area (Å²) in [6.45, 7) is 4.22. The summed E-state index contributed by atoms with van der Waals surface area (Å²) in [5.41, 5.74) is 2.13. The summed E-state index contributed by atoms with van der Waals surface area (Å²) in [4.78, 5) is 0. The Morgan fingerprint density at radius 2 is 1.85 bits per heavy atom. The number of benzene rings is 1. The number of rotatable bonds is 4. The van der Waals surface area contributed by atoms with Gasteiger partial charge in [0.25, 0.3) is 0 Å². The minimum absolute atomic E-state index is 0.224. The number of halogens is 2. The Balaban J connectivity index is 1.87. The summed E-state index contributed by atoms with van der Waals surface area (Å²) in [6, 6.07) is 6.02. The highest BCUT2D eigenvalue weighted by molar-refractivity contribution is 6.35. The van der Waals surface area contributed by atoms with Crippen molar-refractivity contribution in [1.82, 2.24) is 5.32 Å². The fraction of sp³-hybridized carbons (Fsp3) is 0.647. The van der Waals surface area contributed by atoms with Gasteiger partial charge in [0.15, 0.2) is 0 Å². The van der Waals surface area contributed by atoms with Crippen molar-refractivity contribution in [2.75, 3.05) is 13.1 Å². The summed E-state index contributed by atoms with van der Waals surface area (Å²) < 4.78 is 0. The third-order valence-corrected chi connectivity index (χ3v) is 5.85. The van der Waals surface area contributed by atoms with Crippen molar-refractivity contribution in [2.45, 2.75) is 50.9 Å². The molecule has 0 atom stereocenters. The van der Waals surface area contributed by atoms with E-state index in [-0.39, 0.29) is 5.41 Å². The van der Waals surface area contributed by atoms with Gasteiger partial charge in [0.05, 0.1) is 0 Å². The molecule has 0 aliphatic heterocycles. The molecule has 0 amide bonds. The van der Waals surface area contributed by atoms with Crippen LogP contribution in [0.5, 0.6) is 0 Å². The van der Waals surface area contributed by atoms with Gasteiger partial charge in [-0.25, -0.2) is 0 Å². The summed E-state index contributed by atoms with van der Waals surface area (Å²) in [5.74, 6) is 0. The predicted molar refractivity (Wildman–Crippen MR) is 86.8 cm³/mol. The molecule has 0 unspecified atom stereocenters. The van der Waals surface area contributed by atoms with Crippen molar-refractivity contribution in [3.63, 3.8) is 0 Å². The van der Waals surface area contributed by atoms with E-state index in [9.17, 15) is 0 Å². The van der Waals surface area contributed by atoms with Crippen molar-refractivity contribution in [3.05, 3.63) is 33.8 Å². The van der Waals surface area contributed by atoms with E-state index in [1.807, 2.05) is 12.1 Å². The molecule has 2 aliphatic carbocycles. The zero-order valence-electron chi connectivity index (χ0n) is 12.1. The van der Waals surface area contributed by atoms with Crippen molar-refractivity contribution >= 4 is 23.2 Å². The number of nitrogens with one attached hydrogen (secondary N) is 1. The van der Waals surface area contributed by atoms with E-state index in [0.717, 1.165) is 23.1 Å². The molecule has 1 N–H and O–H groups in total. The lowest BCUT2D eigenvalue weighted by molar-refractivity contribution is 0.0274. The van der Waals surface area contributed by atoms with Crippen LogP contribution in [0.15, 0.2) is 18.2 Å². The average Bonchev–Trinajstić information content (AvgIpc) is 2.84. The second-order valence-electron chi connectivity index (χ2n) is 6.75. The minimum atomic E-state index is 0.224. The van der Waals surface area contributed by atoms with Crippen LogP contribution in [0.1, 0.15) is 51.0 Å². The molecule has 20 heavy (non-hydrogen) atoms. The van der Waals surface area contributed by atoms with Gasteiger partial charge in [-0.2, -0.15) is 0 Å². The van der Waals surface area contributed by atoms with Crippen molar-refractivity contribution in [2.24, 2.45) is 5.41 Å². The van der Waals surface area contributed by atoms with Crippen LogP contribution < -0.4 is 5.32 Å². The molecule has 0 bridgehead atoms. The smallest absolute Gasteiger partial charge is 0.0458 e. The Kier molecular flexibility index (Phi) is 4.05. The largest absolute Gasteiger partial charge is 0.316 e. The van der Waals surface area contributed by atoms with Gasteiger partial charge in [0.2, 0.25) is 0 Å². The van der Waals surface area contributed by atoms with Gasteiger partial charge < -0.3 is 5.32 Å². The predicted octanol–water partition coefficient (Wildman–Crippen LogP) is 5.19. The van der Waals surface area contributed by atoms with Crippen LogP contribution in [-0.4, -0.2) is 13.1 Å². The molecule has 0 saturated heterocycles. The molecular weight excluding hydrogens is 289 g/mol. The maximum absolute atomic E-state index is 6.49. The van der Waals surface area contributed by atoms with Crippen LogP contribution >= 0.6 is 23.2 Å². The van der Waals surface area contributed by atoms with Crippen molar-refractivity contribution < 1.29 is 0 Å². The Bertz CT molecular complexity index is 484. The standard InChI is InChI=1S/C17H23Cl2N/c1-2-20-12-17(10-16(11-17)7-3-4-8-16)14-6-5-13(18)9-15(14)19/h5-6,9,20H,2-4,7-8,10-12H2,1H3. The summed E-state index contributed by atoms with van der Waals surface area (Å²) >= 11 is 12.5. The quantitative estimate of drug-likeness (QED) is 0.806. The molecule has 0 heterocycles. The van der Waals surface area contributed by atoms with Gasteiger partial charge in [0.1, 0.15) is 0 Å². The number of likely N-dealkylation sites (N-methyl/N-ethyl adjacent to an activating group) is 1. The minimum Gasteiger partial charge on any atom is -0.316 e. The van der Waals surface area contributed by atoms with Crippen LogP contribution in [-0.2, 0) is 5.41 Å². The molecule has 0 radical (unpaired) electrons. The monoisotopic (exact) mass is 311 g/mol. The van der Waals surface area contributed by atoms with E-state index in [2.05, 4.69) is 18.3 Å². The van der Waals surface area contributed by atoms with Gasteiger partial charge in [-0.05, 0) is 55.3 Å². The maximum Gasteiger partial charge on any atom is 0.0458 e. The van der Waals surface area contributed by atoms with Crippen LogP contribution in [0.25, 0.3) is 0 Å². The van der Waals surface area contributed by atoms with Crippen LogP contribution in [0.3, 0.4) is 0 Å². The molecule has 1 nitrogen and oxygen atoms in total. The van der Waals surface area contributed by atoms with Gasteiger partial charge in [-0.15, -0.1) is 0 Å². The van der Waals surface area contributed by atoms with Gasteiger partial charge in [-0.1, -0.05) is 49.0 Å². The Labute approximate surface area is 132 Å².